The molecule has 0 aliphatic carbocycles. The second kappa shape index (κ2) is 7.21. The second-order valence-electron chi connectivity index (χ2n) is 6.09. The van der Waals surface area contributed by atoms with Crippen molar-refractivity contribution in [2.45, 2.75) is 39.2 Å². The highest BCUT2D eigenvalue weighted by Crippen LogP contribution is 2.23. The standard InChI is InChI=1S/C16H22N4O3/c1-10(2)13-5-3-4-6-20(13)16(23)15(22)19-12-7-11(14(17)21)8-18-9-12/h7-10,13H,3-6H2,1-2H3,(H2,17,21)(H,19,22)/t13-/m0/s1. The number of nitrogens with one attached hydrogen (secondary N) is 1. The van der Waals surface area contributed by atoms with Gasteiger partial charge in [0.2, 0.25) is 5.91 Å². The number of anilines is 1. The van der Waals surface area contributed by atoms with Gasteiger partial charge in [-0.2, -0.15) is 0 Å². The molecule has 1 aromatic heterocycles. The van der Waals surface area contributed by atoms with Gasteiger partial charge in [-0.05, 0) is 31.2 Å². The maximum atomic E-state index is 12.4. The third-order valence-corrected chi connectivity index (χ3v) is 4.05. The molecule has 124 valence electrons. The number of pyridine rings is 1. The maximum Gasteiger partial charge on any atom is 0.313 e. The molecule has 0 radical (unpaired) electrons. The van der Waals surface area contributed by atoms with Crippen molar-refractivity contribution < 1.29 is 14.4 Å². The summed E-state index contributed by atoms with van der Waals surface area (Å²) in [6, 6.07) is 1.48. The topological polar surface area (TPSA) is 105 Å². The smallest absolute Gasteiger partial charge is 0.313 e. The van der Waals surface area contributed by atoms with E-state index in [-0.39, 0.29) is 17.3 Å². The summed E-state index contributed by atoms with van der Waals surface area (Å²) in [7, 11) is 0. The quantitative estimate of drug-likeness (QED) is 0.816. The molecule has 0 saturated carbocycles. The summed E-state index contributed by atoms with van der Waals surface area (Å²) in [4.78, 5) is 41.3. The summed E-state index contributed by atoms with van der Waals surface area (Å²) >= 11 is 0. The van der Waals surface area contributed by atoms with E-state index in [9.17, 15) is 14.4 Å². The predicted molar refractivity (Wildman–Crippen MR) is 85.6 cm³/mol. The van der Waals surface area contributed by atoms with Gasteiger partial charge in [-0.15, -0.1) is 0 Å². The fourth-order valence-electron chi connectivity index (χ4n) is 2.86. The molecule has 1 aromatic rings. The maximum absolute atomic E-state index is 12.4. The van der Waals surface area contributed by atoms with Gasteiger partial charge in [-0.1, -0.05) is 13.8 Å². The molecule has 2 heterocycles. The van der Waals surface area contributed by atoms with Crippen LogP contribution in [-0.4, -0.2) is 40.2 Å². The third-order valence-electron chi connectivity index (χ3n) is 4.05. The number of nitrogens with two attached hydrogens (primary N) is 1. The van der Waals surface area contributed by atoms with Crippen molar-refractivity contribution in [2.24, 2.45) is 11.7 Å². The predicted octanol–water partition coefficient (Wildman–Crippen LogP) is 1.16. The van der Waals surface area contributed by atoms with E-state index in [1.165, 1.54) is 18.5 Å². The van der Waals surface area contributed by atoms with Crippen LogP contribution in [0.3, 0.4) is 0 Å². The SMILES string of the molecule is CC(C)[C@@H]1CCCCN1C(=O)C(=O)Nc1cncc(C(N)=O)c1. The number of rotatable bonds is 3. The first kappa shape index (κ1) is 16.9. The van der Waals surface area contributed by atoms with Crippen LogP contribution in [0.1, 0.15) is 43.5 Å². The molecule has 1 fully saturated rings. The minimum atomic E-state index is -0.721. The van der Waals surface area contributed by atoms with Crippen molar-refractivity contribution in [1.29, 1.82) is 0 Å². The molecule has 0 bridgehead atoms. The van der Waals surface area contributed by atoms with Gasteiger partial charge < -0.3 is 16.0 Å². The van der Waals surface area contributed by atoms with Crippen molar-refractivity contribution >= 4 is 23.4 Å². The average Bonchev–Trinajstić information content (AvgIpc) is 2.54. The molecule has 1 atom stereocenters. The van der Waals surface area contributed by atoms with Crippen LogP contribution in [0.2, 0.25) is 0 Å². The zero-order valence-electron chi connectivity index (χ0n) is 13.4. The van der Waals surface area contributed by atoms with E-state index in [1.807, 2.05) is 0 Å². The first-order valence-corrected chi connectivity index (χ1v) is 7.77. The highest BCUT2D eigenvalue weighted by Gasteiger charge is 2.32. The number of likely N-dealkylation sites (tertiary alicyclic amines) is 1. The average molecular weight is 318 g/mol. The Kier molecular flexibility index (Phi) is 5.31. The van der Waals surface area contributed by atoms with Crippen molar-refractivity contribution in [3.05, 3.63) is 24.0 Å². The zero-order chi connectivity index (χ0) is 17.0. The van der Waals surface area contributed by atoms with Crippen LogP contribution in [0.15, 0.2) is 18.5 Å². The van der Waals surface area contributed by atoms with Crippen molar-refractivity contribution in [3.63, 3.8) is 0 Å². The van der Waals surface area contributed by atoms with E-state index >= 15 is 0 Å². The number of hydrogen-bond acceptors (Lipinski definition) is 4. The number of carbonyl (C=O) groups excluding carboxylic acids is 3. The van der Waals surface area contributed by atoms with Crippen molar-refractivity contribution in [2.75, 3.05) is 11.9 Å². The first-order valence-electron chi connectivity index (χ1n) is 7.77. The molecule has 3 amide bonds. The molecule has 0 unspecified atom stereocenters. The minimum Gasteiger partial charge on any atom is -0.366 e. The van der Waals surface area contributed by atoms with E-state index in [0.717, 1.165) is 19.3 Å². The van der Waals surface area contributed by atoms with Crippen LogP contribution in [0, 0.1) is 5.92 Å². The Hall–Kier alpha value is -2.44. The van der Waals surface area contributed by atoms with E-state index in [0.29, 0.717) is 12.5 Å². The number of carbonyl (C=O) groups is 3. The van der Waals surface area contributed by atoms with Gasteiger partial charge in [0, 0.05) is 18.8 Å². The molecule has 23 heavy (non-hydrogen) atoms. The van der Waals surface area contributed by atoms with Gasteiger partial charge in [-0.25, -0.2) is 0 Å². The van der Waals surface area contributed by atoms with E-state index in [1.54, 1.807) is 4.90 Å². The summed E-state index contributed by atoms with van der Waals surface area (Å²) in [6.07, 6.45) is 5.56. The Bertz CT molecular complexity index is 615. The van der Waals surface area contributed by atoms with Crippen LogP contribution in [-0.2, 0) is 9.59 Å². The molecule has 7 nitrogen and oxygen atoms in total. The molecule has 1 aliphatic rings. The fourth-order valence-corrected chi connectivity index (χ4v) is 2.86. The highest BCUT2D eigenvalue weighted by molar-refractivity contribution is 6.39. The summed E-state index contributed by atoms with van der Waals surface area (Å²) in [5, 5.41) is 2.49. The number of piperidine rings is 1. The van der Waals surface area contributed by atoms with Gasteiger partial charge in [0.25, 0.3) is 0 Å². The van der Waals surface area contributed by atoms with Crippen molar-refractivity contribution in [1.82, 2.24) is 9.88 Å². The van der Waals surface area contributed by atoms with Crippen LogP contribution < -0.4 is 11.1 Å². The molecular formula is C16H22N4O3. The molecule has 7 heteroatoms. The minimum absolute atomic E-state index is 0.0806. The van der Waals surface area contributed by atoms with Crippen LogP contribution in [0.5, 0.6) is 0 Å². The van der Waals surface area contributed by atoms with E-state index in [4.69, 9.17) is 5.73 Å². The molecule has 2 rings (SSSR count). The lowest BCUT2D eigenvalue weighted by molar-refractivity contribution is -0.146. The number of nitrogens with zero attached hydrogens (tertiary/aromatic N) is 2. The van der Waals surface area contributed by atoms with Gasteiger partial charge in [0.1, 0.15) is 0 Å². The molecule has 1 saturated heterocycles. The van der Waals surface area contributed by atoms with Gasteiger partial charge >= 0.3 is 11.8 Å². The normalized spacial score (nSPS) is 17.9. The summed E-state index contributed by atoms with van der Waals surface area (Å²) in [5.41, 5.74) is 5.62. The Labute approximate surface area is 135 Å². The van der Waals surface area contributed by atoms with Crippen LogP contribution >= 0.6 is 0 Å². The Balaban J connectivity index is 2.09. The van der Waals surface area contributed by atoms with Gasteiger partial charge in [-0.3, -0.25) is 19.4 Å². The zero-order valence-corrected chi connectivity index (χ0v) is 13.4. The highest BCUT2D eigenvalue weighted by atomic mass is 16.2. The van der Waals surface area contributed by atoms with Crippen molar-refractivity contribution in [3.8, 4) is 0 Å². The molecule has 1 aliphatic heterocycles. The number of amides is 3. The first-order chi connectivity index (χ1) is 10.9. The molecular weight excluding hydrogens is 296 g/mol. The lowest BCUT2D eigenvalue weighted by atomic mass is 9.92. The van der Waals surface area contributed by atoms with E-state index in [2.05, 4.69) is 24.1 Å². The lowest BCUT2D eigenvalue weighted by Crippen LogP contribution is -2.50. The van der Waals surface area contributed by atoms with Crippen LogP contribution in [0.4, 0.5) is 5.69 Å². The second-order valence-corrected chi connectivity index (χ2v) is 6.09. The molecule has 0 aromatic carbocycles. The Morgan fingerprint density at radius 1 is 1.30 bits per heavy atom. The van der Waals surface area contributed by atoms with E-state index < -0.39 is 17.7 Å². The summed E-state index contributed by atoms with van der Waals surface area (Å²) in [5.74, 6) is -1.61. The number of hydrogen-bond donors (Lipinski definition) is 2. The van der Waals surface area contributed by atoms with Crippen LogP contribution in [0.25, 0.3) is 0 Å². The number of aromatic nitrogens is 1. The Morgan fingerprint density at radius 3 is 2.70 bits per heavy atom. The lowest BCUT2D eigenvalue weighted by Gasteiger charge is -2.37. The summed E-state index contributed by atoms with van der Waals surface area (Å²) in [6.45, 7) is 4.69. The molecule has 3 N–H and O–H groups in total. The third kappa shape index (κ3) is 4.06. The number of primary amides is 1. The molecule has 0 spiro atoms. The monoisotopic (exact) mass is 318 g/mol. The van der Waals surface area contributed by atoms with Gasteiger partial charge in [0.15, 0.2) is 0 Å². The van der Waals surface area contributed by atoms with Gasteiger partial charge in [0.05, 0.1) is 17.4 Å². The largest absolute Gasteiger partial charge is 0.366 e. The summed E-state index contributed by atoms with van der Waals surface area (Å²) < 4.78 is 0. The Morgan fingerprint density at radius 2 is 2.04 bits per heavy atom. The fraction of sp³-hybridized carbons (Fsp3) is 0.500.